The number of carbonyl (C=O) groups excluding carboxylic acids is 1. The van der Waals surface area contributed by atoms with Crippen molar-refractivity contribution in [3.63, 3.8) is 0 Å². The molecule has 3 rings (SSSR count). The second-order valence-electron chi connectivity index (χ2n) is 5.22. The lowest BCUT2D eigenvalue weighted by Gasteiger charge is -2.17. The van der Waals surface area contributed by atoms with E-state index in [0.29, 0.717) is 6.42 Å². The molecule has 0 fully saturated rings. The number of allylic oxidation sites excluding steroid dienone is 1. The molecule has 0 spiro atoms. The monoisotopic (exact) mass is 331 g/mol. The zero-order valence-corrected chi connectivity index (χ0v) is 14.1. The van der Waals surface area contributed by atoms with Crippen LogP contribution >= 0.6 is 22.7 Å². The molecule has 0 saturated carbocycles. The number of nitrogens with zero attached hydrogens (tertiary/aromatic N) is 2. The largest absolute Gasteiger partial charge is 0.350 e. The Hall–Kier alpha value is -1.92. The zero-order chi connectivity index (χ0) is 15.7. The standard InChI is InChI=1S/C16H17N3OS2/c1-10-3-6-13(21-10)7-5-12-9-14(19(18-12)16(17)20)15-8-4-11(2)22-15/h3-8,14H,9H2,1-2H3,(H2,17,20)/b7-5+. The molecular weight excluding hydrogens is 314 g/mol. The van der Waals surface area contributed by atoms with Crippen LogP contribution in [-0.2, 0) is 0 Å². The van der Waals surface area contributed by atoms with Gasteiger partial charge in [-0.1, -0.05) is 0 Å². The highest BCUT2D eigenvalue weighted by atomic mass is 32.1. The van der Waals surface area contributed by atoms with Crippen molar-refractivity contribution in [1.82, 2.24) is 5.01 Å². The van der Waals surface area contributed by atoms with Crippen LogP contribution in [0.2, 0.25) is 0 Å². The first kappa shape index (κ1) is 15.0. The van der Waals surface area contributed by atoms with E-state index in [9.17, 15) is 4.79 Å². The maximum atomic E-state index is 11.6. The first-order valence-electron chi connectivity index (χ1n) is 7.00. The van der Waals surface area contributed by atoms with Gasteiger partial charge in [-0.15, -0.1) is 22.7 Å². The van der Waals surface area contributed by atoms with Gasteiger partial charge in [0, 0.05) is 25.9 Å². The van der Waals surface area contributed by atoms with Gasteiger partial charge in [0.1, 0.15) is 0 Å². The van der Waals surface area contributed by atoms with Crippen LogP contribution in [0.4, 0.5) is 4.79 Å². The Morgan fingerprint density at radius 3 is 2.55 bits per heavy atom. The topological polar surface area (TPSA) is 58.7 Å². The van der Waals surface area contributed by atoms with Crippen LogP contribution in [0.25, 0.3) is 6.08 Å². The molecule has 2 aromatic heterocycles. The molecule has 114 valence electrons. The number of nitrogens with two attached hydrogens (primary N) is 1. The average Bonchev–Trinajstić information content (AvgIpc) is 3.15. The maximum Gasteiger partial charge on any atom is 0.335 e. The minimum atomic E-state index is -0.508. The Morgan fingerprint density at radius 1 is 1.23 bits per heavy atom. The van der Waals surface area contributed by atoms with Crippen LogP contribution in [-0.4, -0.2) is 16.8 Å². The van der Waals surface area contributed by atoms with Crippen LogP contribution in [0, 0.1) is 13.8 Å². The van der Waals surface area contributed by atoms with Crippen molar-refractivity contribution >= 4 is 40.5 Å². The van der Waals surface area contributed by atoms with Gasteiger partial charge in [0.2, 0.25) is 0 Å². The zero-order valence-electron chi connectivity index (χ0n) is 12.4. The molecule has 1 atom stereocenters. The van der Waals surface area contributed by atoms with Gasteiger partial charge in [-0.2, -0.15) is 5.10 Å². The fourth-order valence-corrected chi connectivity index (χ4v) is 4.16. The summed E-state index contributed by atoms with van der Waals surface area (Å²) in [7, 11) is 0. The third-order valence-electron chi connectivity index (χ3n) is 3.45. The second-order valence-corrected chi connectivity index (χ2v) is 7.86. The van der Waals surface area contributed by atoms with Crippen molar-refractivity contribution in [3.05, 3.63) is 49.9 Å². The summed E-state index contributed by atoms with van der Waals surface area (Å²) in [5, 5.41) is 5.77. The summed E-state index contributed by atoms with van der Waals surface area (Å²) in [5.41, 5.74) is 6.34. The van der Waals surface area contributed by atoms with Crippen LogP contribution in [0.3, 0.4) is 0 Å². The number of hydrogen-bond donors (Lipinski definition) is 1. The Kier molecular flexibility index (Phi) is 4.13. The lowest BCUT2D eigenvalue weighted by atomic mass is 10.1. The molecule has 2 aromatic rings. The normalized spacial score (nSPS) is 18.2. The molecule has 22 heavy (non-hydrogen) atoms. The summed E-state index contributed by atoms with van der Waals surface area (Å²) in [5.74, 6) is 0. The van der Waals surface area contributed by atoms with E-state index >= 15 is 0 Å². The molecule has 2 amide bonds. The number of hydrazone groups is 1. The minimum absolute atomic E-state index is 0.0825. The van der Waals surface area contributed by atoms with Gasteiger partial charge in [0.15, 0.2) is 0 Å². The van der Waals surface area contributed by atoms with Crippen LogP contribution in [0.1, 0.15) is 32.0 Å². The number of aryl methyl sites for hydroxylation is 2. The summed E-state index contributed by atoms with van der Waals surface area (Å²) >= 11 is 3.41. The summed E-state index contributed by atoms with van der Waals surface area (Å²) in [6.45, 7) is 4.14. The SMILES string of the molecule is Cc1ccc(/C=C/C2=NN(C(N)=O)C(c3ccc(C)s3)C2)s1. The Morgan fingerprint density at radius 2 is 1.95 bits per heavy atom. The first-order chi connectivity index (χ1) is 10.5. The van der Waals surface area contributed by atoms with Gasteiger partial charge in [-0.3, -0.25) is 0 Å². The average molecular weight is 331 g/mol. The van der Waals surface area contributed by atoms with Crippen molar-refractivity contribution in [2.75, 3.05) is 0 Å². The number of rotatable bonds is 3. The fraction of sp³-hybridized carbons (Fsp3) is 0.250. The van der Waals surface area contributed by atoms with Crippen molar-refractivity contribution in [2.45, 2.75) is 26.3 Å². The molecule has 0 aromatic carbocycles. The fourth-order valence-electron chi connectivity index (χ4n) is 2.41. The van der Waals surface area contributed by atoms with E-state index < -0.39 is 6.03 Å². The molecule has 0 bridgehead atoms. The Labute approximate surface area is 137 Å². The summed E-state index contributed by atoms with van der Waals surface area (Å²) in [6.07, 6.45) is 4.71. The number of urea groups is 1. The van der Waals surface area contributed by atoms with E-state index in [-0.39, 0.29) is 6.04 Å². The number of carbonyl (C=O) groups is 1. The van der Waals surface area contributed by atoms with Gasteiger partial charge in [-0.25, -0.2) is 9.80 Å². The van der Waals surface area contributed by atoms with E-state index in [1.165, 1.54) is 19.6 Å². The quantitative estimate of drug-likeness (QED) is 0.894. The first-order valence-corrected chi connectivity index (χ1v) is 8.63. The molecule has 2 N–H and O–H groups in total. The predicted molar refractivity (Wildman–Crippen MR) is 93.4 cm³/mol. The highest BCUT2D eigenvalue weighted by Crippen LogP contribution is 2.35. The van der Waals surface area contributed by atoms with Crippen molar-refractivity contribution in [2.24, 2.45) is 10.8 Å². The third-order valence-corrected chi connectivity index (χ3v) is 5.52. The predicted octanol–water partition coefficient (Wildman–Crippen LogP) is 4.32. The molecule has 0 radical (unpaired) electrons. The lowest BCUT2D eigenvalue weighted by molar-refractivity contribution is 0.197. The van der Waals surface area contributed by atoms with Gasteiger partial charge >= 0.3 is 6.03 Å². The number of thiophene rings is 2. The van der Waals surface area contributed by atoms with Crippen LogP contribution in [0.5, 0.6) is 0 Å². The minimum Gasteiger partial charge on any atom is -0.350 e. The number of primary amides is 1. The molecule has 1 unspecified atom stereocenters. The van der Waals surface area contributed by atoms with E-state index in [1.807, 2.05) is 18.2 Å². The molecule has 0 aliphatic carbocycles. The number of amides is 2. The van der Waals surface area contributed by atoms with Gasteiger partial charge < -0.3 is 5.73 Å². The third kappa shape index (κ3) is 3.13. The molecule has 1 aliphatic rings. The number of hydrogen-bond acceptors (Lipinski definition) is 4. The van der Waals surface area contributed by atoms with E-state index in [1.54, 1.807) is 22.7 Å². The lowest BCUT2D eigenvalue weighted by Crippen LogP contribution is -2.31. The molecule has 4 nitrogen and oxygen atoms in total. The van der Waals surface area contributed by atoms with E-state index in [0.717, 1.165) is 10.6 Å². The van der Waals surface area contributed by atoms with Crippen LogP contribution in [0.15, 0.2) is 35.4 Å². The smallest absolute Gasteiger partial charge is 0.335 e. The van der Waals surface area contributed by atoms with Gasteiger partial charge in [-0.05, 0) is 50.3 Å². The van der Waals surface area contributed by atoms with E-state index in [4.69, 9.17) is 5.73 Å². The van der Waals surface area contributed by atoms with Crippen molar-refractivity contribution in [1.29, 1.82) is 0 Å². The summed E-state index contributed by atoms with van der Waals surface area (Å²) in [4.78, 5) is 16.4. The molecule has 0 saturated heterocycles. The molecule has 1 aliphatic heterocycles. The van der Waals surface area contributed by atoms with Crippen molar-refractivity contribution in [3.8, 4) is 0 Å². The maximum absolute atomic E-state index is 11.6. The molecular formula is C16H17N3OS2. The van der Waals surface area contributed by atoms with Gasteiger partial charge in [0.25, 0.3) is 0 Å². The van der Waals surface area contributed by atoms with Gasteiger partial charge in [0.05, 0.1) is 11.8 Å². The Bertz CT molecular complexity index is 757. The molecule has 3 heterocycles. The molecule has 6 heteroatoms. The van der Waals surface area contributed by atoms with E-state index in [2.05, 4.69) is 37.1 Å². The highest BCUT2D eigenvalue weighted by molar-refractivity contribution is 7.12. The Balaban J connectivity index is 1.80. The summed E-state index contributed by atoms with van der Waals surface area (Å²) < 4.78 is 0. The summed E-state index contributed by atoms with van der Waals surface area (Å²) in [6, 6.07) is 7.69. The highest BCUT2D eigenvalue weighted by Gasteiger charge is 2.31. The van der Waals surface area contributed by atoms with Crippen LogP contribution < -0.4 is 5.73 Å². The second kappa shape index (κ2) is 6.06. The van der Waals surface area contributed by atoms with Crippen molar-refractivity contribution < 1.29 is 4.79 Å².